The summed E-state index contributed by atoms with van der Waals surface area (Å²) >= 11 is 0. The molecule has 1 saturated carbocycles. The molecule has 1 saturated heterocycles. The number of aliphatic hydroxyl groups is 1. The lowest BCUT2D eigenvalue weighted by Crippen LogP contribution is -2.65. The summed E-state index contributed by atoms with van der Waals surface area (Å²) < 4.78 is 25.8. The molecule has 0 unspecified atom stereocenters. The SMILES string of the molecule is O=C(Cc1ccc(F)c(F)c1)N1CC(O)(C2CC2)C1. The van der Waals surface area contributed by atoms with Crippen LogP contribution in [0.25, 0.3) is 0 Å². The Morgan fingerprint density at radius 3 is 2.58 bits per heavy atom. The average Bonchev–Trinajstić information content (AvgIpc) is 3.14. The summed E-state index contributed by atoms with van der Waals surface area (Å²) in [7, 11) is 0. The molecule has 0 bridgehead atoms. The van der Waals surface area contributed by atoms with Crippen LogP contribution in [0.15, 0.2) is 18.2 Å². The van der Waals surface area contributed by atoms with Crippen molar-refractivity contribution in [3.8, 4) is 0 Å². The van der Waals surface area contributed by atoms with E-state index < -0.39 is 17.2 Å². The summed E-state index contributed by atoms with van der Waals surface area (Å²) in [4.78, 5) is 13.5. The molecule has 1 aromatic rings. The van der Waals surface area contributed by atoms with Crippen molar-refractivity contribution in [2.24, 2.45) is 5.92 Å². The fourth-order valence-corrected chi connectivity index (χ4v) is 2.61. The van der Waals surface area contributed by atoms with E-state index in [1.54, 1.807) is 4.90 Å². The highest BCUT2D eigenvalue weighted by Crippen LogP contribution is 2.44. The molecular weight excluding hydrogens is 252 g/mol. The number of β-amino-alcohol motifs (C(OH)–C–C–N with tert-alkyl or cyclic N) is 1. The van der Waals surface area contributed by atoms with Crippen LogP contribution in [0.5, 0.6) is 0 Å². The zero-order valence-electron chi connectivity index (χ0n) is 10.4. The highest BCUT2D eigenvalue weighted by Gasteiger charge is 2.53. The second-order valence-electron chi connectivity index (χ2n) is 5.55. The van der Waals surface area contributed by atoms with Crippen LogP contribution in [-0.2, 0) is 11.2 Å². The van der Waals surface area contributed by atoms with Crippen molar-refractivity contribution in [3.05, 3.63) is 35.4 Å². The lowest BCUT2D eigenvalue weighted by atomic mass is 9.88. The number of rotatable bonds is 3. The first-order valence-corrected chi connectivity index (χ1v) is 6.42. The van der Waals surface area contributed by atoms with Gasteiger partial charge < -0.3 is 10.0 Å². The van der Waals surface area contributed by atoms with Crippen LogP contribution < -0.4 is 0 Å². The molecule has 2 aliphatic rings. The Hall–Kier alpha value is -1.49. The van der Waals surface area contributed by atoms with Gasteiger partial charge in [-0.3, -0.25) is 4.79 Å². The molecule has 19 heavy (non-hydrogen) atoms. The number of carbonyl (C=O) groups excluding carboxylic acids is 1. The molecule has 0 atom stereocenters. The molecule has 5 heteroatoms. The minimum absolute atomic E-state index is 0.0396. The molecule has 1 aromatic carbocycles. The zero-order chi connectivity index (χ0) is 13.6. The third-order valence-corrected chi connectivity index (χ3v) is 3.96. The van der Waals surface area contributed by atoms with Gasteiger partial charge in [0.25, 0.3) is 0 Å². The third-order valence-electron chi connectivity index (χ3n) is 3.96. The van der Waals surface area contributed by atoms with Gasteiger partial charge in [-0.1, -0.05) is 6.07 Å². The predicted molar refractivity (Wildman–Crippen MR) is 64.3 cm³/mol. The van der Waals surface area contributed by atoms with Gasteiger partial charge in [-0.2, -0.15) is 0 Å². The molecule has 0 aromatic heterocycles. The van der Waals surface area contributed by atoms with Crippen molar-refractivity contribution in [2.45, 2.75) is 24.9 Å². The van der Waals surface area contributed by atoms with E-state index in [2.05, 4.69) is 0 Å². The number of likely N-dealkylation sites (tertiary alicyclic amines) is 1. The van der Waals surface area contributed by atoms with Gasteiger partial charge in [-0.25, -0.2) is 8.78 Å². The number of halogens is 2. The van der Waals surface area contributed by atoms with Gasteiger partial charge >= 0.3 is 0 Å². The first-order chi connectivity index (χ1) is 8.98. The smallest absolute Gasteiger partial charge is 0.227 e. The Morgan fingerprint density at radius 1 is 1.32 bits per heavy atom. The first-order valence-electron chi connectivity index (χ1n) is 6.42. The normalized spacial score (nSPS) is 21.1. The van der Waals surface area contributed by atoms with E-state index >= 15 is 0 Å². The van der Waals surface area contributed by atoms with E-state index in [-0.39, 0.29) is 12.3 Å². The van der Waals surface area contributed by atoms with Crippen molar-refractivity contribution >= 4 is 5.91 Å². The predicted octanol–water partition coefficient (Wildman–Crippen LogP) is 1.49. The van der Waals surface area contributed by atoms with Gasteiger partial charge in [0.1, 0.15) is 5.60 Å². The van der Waals surface area contributed by atoms with Crippen LogP contribution in [0, 0.1) is 17.6 Å². The van der Waals surface area contributed by atoms with Crippen molar-refractivity contribution < 1.29 is 18.7 Å². The highest BCUT2D eigenvalue weighted by atomic mass is 19.2. The van der Waals surface area contributed by atoms with Crippen LogP contribution in [0.1, 0.15) is 18.4 Å². The van der Waals surface area contributed by atoms with Gasteiger partial charge in [0, 0.05) is 0 Å². The Labute approximate surface area is 109 Å². The minimum Gasteiger partial charge on any atom is -0.386 e. The number of hydrogen-bond donors (Lipinski definition) is 1. The van der Waals surface area contributed by atoms with Crippen molar-refractivity contribution in [2.75, 3.05) is 13.1 Å². The maximum atomic E-state index is 13.0. The standard InChI is InChI=1S/C14H15F2NO2/c15-11-4-1-9(5-12(11)16)6-13(18)17-7-14(19,8-17)10-2-3-10/h1,4-5,10,19H,2-3,6-8H2. The van der Waals surface area contributed by atoms with Crippen LogP contribution in [0.2, 0.25) is 0 Å². The van der Waals surface area contributed by atoms with Crippen LogP contribution in [0.3, 0.4) is 0 Å². The van der Waals surface area contributed by atoms with Gasteiger partial charge in [0.2, 0.25) is 5.91 Å². The van der Waals surface area contributed by atoms with E-state index in [0.29, 0.717) is 24.6 Å². The summed E-state index contributed by atoms with van der Waals surface area (Å²) in [6.45, 7) is 0.723. The fraction of sp³-hybridized carbons (Fsp3) is 0.500. The van der Waals surface area contributed by atoms with Crippen LogP contribution in [0.4, 0.5) is 8.78 Å². The van der Waals surface area contributed by atoms with Crippen molar-refractivity contribution in [1.29, 1.82) is 0 Å². The molecule has 1 aliphatic heterocycles. The summed E-state index contributed by atoms with van der Waals surface area (Å²) in [6, 6.07) is 3.47. The molecule has 102 valence electrons. The van der Waals surface area contributed by atoms with Crippen LogP contribution >= 0.6 is 0 Å². The number of nitrogens with zero attached hydrogens (tertiary/aromatic N) is 1. The Morgan fingerprint density at radius 2 is 2.00 bits per heavy atom. The largest absolute Gasteiger partial charge is 0.386 e. The molecule has 1 N–H and O–H groups in total. The second-order valence-corrected chi connectivity index (χ2v) is 5.55. The molecule has 3 nitrogen and oxygen atoms in total. The Kier molecular flexibility index (Phi) is 2.82. The molecule has 0 spiro atoms. The monoisotopic (exact) mass is 267 g/mol. The van der Waals surface area contributed by atoms with E-state index in [1.807, 2.05) is 0 Å². The summed E-state index contributed by atoms with van der Waals surface area (Å²) in [5, 5.41) is 10.1. The first kappa shape index (κ1) is 12.5. The Balaban J connectivity index is 1.58. The summed E-state index contributed by atoms with van der Waals surface area (Å²) in [5.41, 5.74) is -0.255. The van der Waals surface area contributed by atoms with Crippen LogP contribution in [-0.4, -0.2) is 34.6 Å². The third kappa shape index (κ3) is 2.34. The van der Waals surface area contributed by atoms with Gasteiger partial charge in [0.05, 0.1) is 19.5 Å². The Bertz CT molecular complexity index is 522. The molecule has 2 fully saturated rings. The van der Waals surface area contributed by atoms with Gasteiger partial charge in [-0.05, 0) is 36.5 Å². The number of benzene rings is 1. The van der Waals surface area contributed by atoms with Gasteiger partial charge in [0.15, 0.2) is 11.6 Å². The highest BCUT2D eigenvalue weighted by molar-refractivity contribution is 5.80. The van der Waals surface area contributed by atoms with E-state index in [1.165, 1.54) is 6.07 Å². The molecule has 1 amide bonds. The topological polar surface area (TPSA) is 40.5 Å². The number of hydrogen-bond acceptors (Lipinski definition) is 2. The van der Waals surface area contributed by atoms with Crippen molar-refractivity contribution in [1.82, 2.24) is 4.90 Å². The second kappa shape index (κ2) is 4.27. The number of amides is 1. The molecule has 0 radical (unpaired) electrons. The molecule has 1 aliphatic carbocycles. The van der Waals surface area contributed by atoms with E-state index in [9.17, 15) is 18.7 Å². The van der Waals surface area contributed by atoms with E-state index in [0.717, 1.165) is 25.0 Å². The quantitative estimate of drug-likeness (QED) is 0.901. The number of carbonyl (C=O) groups is 1. The molecular formula is C14H15F2NO2. The fourth-order valence-electron chi connectivity index (χ4n) is 2.61. The molecule has 1 heterocycles. The zero-order valence-corrected chi connectivity index (χ0v) is 10.4. The van der Waals surface area contributed by atoms with Crippen molar-refractivity contribution in [3.63, 3.8) is 0 Å². The maximum Gasteiger partial charge on any atom is 0.227 e. The maximum absolute atomic E-state index is 13.0. The average molecular weight is 267 g/mol. The lowest BCUT2D eigenvalue weighted by molar-refractivity contribution is -0.158. The summed E-state index contributed by atoms with van der Waals surface area (Å²) in [6.07, 6.45) is 2.10. The lowest BCUT2D eigenvalue weighted by Gasteiger charge is -2.47. The molecule has 3 rings (SSSR count). The van der Waals surface area contributed by atoms with E-state index in [4.69, 9.17) is 0 Å². The summed E-state index contributed by atoms with van der Waals surface area (Å²) in [5.74, 6) is -1.68. The minimum atomic E-state index is -0.941. The van der Waals surface area contributed by atoms with Gasteiger partial charge in [-0.15, -0.1) is 0 Å².